The summed E-state index contributed by atoms with van der Waals surface area (Å²) in [5.41, 5.74) is 1.22. The second-order valence-electron chi connectivity index (χ2n) is 3.57. The van der Waals surface area contributed by atoms with Crippen molar-refractivity contribution in [3.63, 3.8) is 0 Å². The SMILES string of the molecule is CNCc1ccc(Oc2ncccc2Br)cc1. The first-order chi connectivity index (χ1) is 8.29. The number of pyridine rings is 1. The number of benzene rings is 1. The summed E-state index contributed by atoms with van der Waals surface area (Å²) >= 11 is 3.40. The van der Waals surface area contributed by atoms with Crippen LogP contribution in [0.4, 0.5) is 0 Å². The fourth-order valence-corrected chi connectivity index (χ4v) is 1.77. The second kappa shape index (κ2) is 5.80. The van der Waals surface area contributed by atoms with Gasteiger partial charge in [-0.05, 0) is 52.8 Å². The Hall–Kier alpha value is -1.39. The fourth-order valence-electron chi connectivity index (χ4n) is 1.44. The average molecular weight is 293 g/mol. The van der Waals surface area contributed by atoms with E-state index in [0.717, 1.165) is 16.8 Å². The Bertz CT molecular complexity index is 485. The van der Waals surface area contributed by atoms with Crippen LogP contribution in [0.3, 0.4) is 0 Å². The molecule has 2 aromatic rings. The Kier molecular flexibility index (Phi) is 4.12. The Morgan fingerprint density at radius 2 is 2.00 bits per heavy atom. The van der Waals surface area contributed by atoms with Gasteiger partial charge in [-0.1, -0.05) is 12.1 Å². The summed E-state index contributed by atoms with van der Waals surface area (Å²) in [7, 11) is 1.93. The molecule has 2 rings (SSSR count). The van der Waals surface area contributed by atoms with Crippen LogP contribution in [-0.4, -0.2) is 12.0 Å². The van der Waals surface area contributed by atoms with Gasteiger partial charge >= 0.3 is 0 Å². The summed E-state index contributed by atoms with van der Waals surface area (Å²) in [6.45, 7) is 0.855. The van der Waals surface area contributed by atoms with Crippen molar-refractivity contribution in [2.75, 3.05) is 7.05 Å². The molecule has 0 aliphatic carbocycles. The molecule has 0 saturated carbocycles. The number of hydrogen-bond donors (Lipinski definition) is 1. The molecule has 0 saturated heterocycles. The number of aromatic nitrogens is 1. The van der Waals surface area contributed by atoms with Crippen LogP contribution >= 0.6 is 15.9 Å². The zero-order valence-corrected chi connectivity index (χ0v) is 11.1. The monoisotopic (exact) mass is 292 g/mol. The summed E-state index contributed by atoms with van der Waals surface area (Å²) < 4.78 is 6.51. The van der Waals surface area contributed by atoms with Crippen molar-refractivity contribution in [3.8, 4) is 11.6 Å². The number of nitrogens with zero attached hydrogens (tertiary/aromatic N) is 1. The summed E-state index contributed by atoms with van der Waals surface area (Å²) in [4.78, 5) is 4.15. The van der Waals surface area contributed by atoms with Gasteiger partial charge in [0.2, 0.25) is 5.88 Å². The zero-order chi connectivity index (χ0) is 12.1. The Balaban J connectivity index is 2.11. The normalized spacial score (nSPS) is 10.2. The molecule has 3 nitrogen and oxygen atoms in total. The lowest BCUT2D eigenvalue weighted by Gasteiger charge is -2.07. The first-order valence-electron chi connectivity index (χ1n) is 5.31. The number of rotatable bonds is 4. The van der Waals surface area contributed by atoms with E-state index in [9.17, 15) is 0 Å². The third kappa shape index (κ3) is 3.28. The lowest BCUT2D eigenvalue weighted by molar-refractivity contribution is 0.459. The van der Waals surface area contributed by atoms with Gasteiger partial charge in [0, 0.05) is 12.7 Å². The predicted octanol–water partition coefficient (Wildman–Crippen LogP) is 3.36. The van der Waals surface area contributed by atoms with Gasteiger partial charge < -0.3 is 10.1 Å². The summed E-state index contributed by atoms with van der Waals surface area (Å²) in [6.07, 6.45) is 1.70. The van der Waals surface area contributed by atoms with Crippen LogP contribution in [0.25, 0.3) is 0 Å². The topological polar surface area (TPSA) is 34.1 Å². The highest BCUT2D eigenvalue weighted by atomic mass is 79.9. The number of hydrogen-bond acceptors (Lipinski definition) is 3. The van der Waals surface area contributed by atoms with Crippen molar-refractivity contribution in [3.05, 3.63) is 52.6 Å². The van der Waals surface area contributed by atoms with Crippen LogP contribution < -0.4 is 10.1 Å². The van der Waals surface area contributed by atoms with Crippen molar-refractivity contribution >= 4 is 15.9 Å². The average Bonchev–Trinajstić information content (AvgIpc) is 2.35. The highest BCUT2D eigenvalue weighted by molar-refractivity contribution is 9.10. The Morgan fingerprint density at radius 1 is 1.24 bits per heavy atom. The van der Waals surface area contributed by atoms with Crippen molar-refractivity contribution in [2.24, 2.45) is 0 Å². The van der Waals surface area contributed by atoms with Crippen molar-refractivity contribution < 1.29 is 4.74 Å². The van der Waals surface area contributed by atoms with Crippen molar-refractivity contribution in [1.29, 1.82) is 0 Å². The van der Waals surface area contributed by atoms with E-state index in [4.69, 9.17) is 4.74 Å². The van der Waals surface area contributed by atoms with Gasteiger partial charge in [0.05, 0.1) is 4.47 Å². The molecule has 0 bridgehead atoms. The highest BCUT2D eigenvalue weighted by Crippen LogP contribution is 2.26. The van der Waals surface area contributed by atoms with Gasteiger partial charge in [-0.15, -0.1) is 0 Å². The maximum Gasteiger partial charge on any atom is 0.233 e. The van der Waals surface area contributed by atoms with Crippen molar-refractivity contribution in [1.82, 2.24) is 10.3 Å². The largest absolute Gasteiger partial charge is 0.438 e. The van der Waals surface area contributed by atoms with Gasteiger partial charge in [0.15, 0.2) is 0 Å². The zero-order valence-electron chi connectivity index (χ0n) is 9.48. The van der Waals surface area contributed by atoms with E-state index in [1.807, 2.05) is 43.4 Å². The predicted molar refractivity (Wildman–Crippen MR) is 71.2 cm³/mol. The van der Waals surface area contributed by atoms with Crippen LogP contribution in [0.5, 0.6) is 11.6 Å². The van der Waals surface area contributed by atoms with Crippen LogP contribution in [-0.2, 0) is 6.54 Å². The van der Waals surface area contributed by atoms with E-state index in [1.165, 1.54) is 5.56 Å². The molecule has 0 radical (unpaired) electrons. The molecular formula is C13H13BrN2O. The van der Waals surface area contributed by atoms with Crippen LogP contribution in [0.2, 0.25) is 0 Å². The van der Waals surface area contributed by atoms with Crippen LogP contribution in [0.1, 0.15) is 5.56 Å². The fraction of sp³-hybridized carbons (Fsp3) is 0.154. The van der Waals surface area contributed by atoms with E-state index in [0.29, 0.717) is 5.88 Å². The lowest BCUT2D eigenvalue weighted by Crippen LogP contribution is -2.04. The maximum absolute atomic E-state index is 5.66. The van der Waals surface area contributed by atoms with E-state index in [-0.39, 0.29) is 0 Å². The number of ether oxygens (including phenoxy) is 1. The molecule has 1 heterocycles. The smallest absolute Gasteiger partial charge is 0.233 e. The molecule has 4 heteroatoms. The molecule has 17 heavy (non-hydrogen) atoms. The van der Waals surface area contributed by atoms with Crippen LogP contribution in [0, 0.1) is 0 Å². The Labute approximate surface area is 109 Å². The van der Waals surface area contributed by atoms with Gasteiger partial charge in [0.25, 0.3) is 0 Å². The Morgan fingerprint density at radius 3 is 2.65 bits per heavy atom. The summed E-state index contributed by atoms with van der Waals surface area (Å²) in [6, 6.07) is 11.7. The molecule has 0 unspecified atom stereocenters. The molecule has 0 amide bonds. The van der Waals surface area contributed by atoms with Crippen LogP contribution in [0.15, 0.2) is 47.1 Å². The number of halogens is 1. The summed E-state index contributed by atoms with van der Waals surface area (Å²) in [5.74, 6) is 1.36. The third-order valence-electron chi connectivity index (χ3n) is 2.24. The van der Waals surface area contributed by atoms with E-state index < -0.39 is 0 Å². The summed E-state index contributed by atoms with van der Waals surface area (Å²) in [5, 5.41) is 3.10. The van der Waals surface area contributed by atoms with E-state index in [2.05, 4.69) is 26.2 Å². The van der Waals surface area contributed by atoms with Gasteiger partial charge in [-0.2, -0.15) is 0 Å². The molecule has 0 aliphatic heterocycles. The minimum Gasteiger partial charge on any atom is -0.438 e. The molecule has 1 aromatic carbocycles. The molecule has 1 aromatic heterocycles. The van der Waals surface area contributed by atoms with E-state index in [1.54, 1.807) is 6.20 Å². The maximum atomic E-state index is 5.66. The standard InChI is InChI=1S/C13H13BrN2O/c1-15-9-10-4-6-11(7-5-10)17-13-12(14)3-2-8-16-13/h2-8,15H,9H2,1H3. The molecule has 1 N–H and O–H groups in total. The molecule has 0 atom stereocenters. The first-order valence-corrected chi connectivity index (χ1v) is 6.11. The highest BCUT2D eigenvalue weighted by Gasteiger charge is 2.02. The first kappa shape index (κ1) is 12.1. The van der Waals surface area contributed by atoms with E-state index >= 15 is 0 Å². The lowest BCUT2D eigenvalue weighted by atomic mass is 10.2. The third-order valence-corrected chi connectivity index (χ3v) is 2.85. The molecule has 0 aliphatic rings. The number of nitrogens with one attached hydrogen (secondary N) is 1. The molecule has 0 spiro atoms. The van der Waals surface area contributed by atoms with Gasteiger partial charge in [-0.3, -0.25) is 0 Å². The molecule has 88 valence electrons. The minimum atomic E-state index is 0.578. The second-order valence-corrected chi connectivity index (χ2v) is 4.42. The van der Waals surface area contributed by atoms with Crippen molar-refractivity contribution in [2.45, 2.75) is 6.54 Å². The molecule has 0 fully saturated rings. The molecular weight excluding hydrogens is 280 g/mol. The quantitative estimate of drug-likeness (QED) is 0.938. The van der Waals surface area contributed by atoms with Gasteiger partial charge in [0.1, 0.15) is 5.75 Å². The van der Waals surface area contributed by atoms with Gasteiger partial charge in [-0.25, -0.2) is 4.98 Å². The minimum absolute atomic E-state index is 0.578.